The predicted octanol–water partition coefficient (Wildman–Crippen LogP) is 4.52. The summed E-state index contributed by atoms with van der Waals surface area (Å²) in [5.41, 5.74) is -0.969. The van der Waals surface area contributed by atoms with E-state index in [1.165, 1.54) is 24.3 Å². The summed E-state index contributed by atoms with van der Waals surface area (Å²) in [4.78, 5) is 54.0. The van der Waals surface area contributed by atoms with Crippen molar-refractivity contribution in [2.24, 2.45) is 0 Å². The van der Waals surface area contributed by atoms with Crippen molar-refractivity contribution >= 4 is 23.9 Å². The van der Waals surface area contributed by atoms with Gasteiger partial charge in [-0.1, -0.05) is 12.1 Å². The fourth-order valence-electron chi connectivity index (χ4n) is 3.37. The summed E-state index contributed by atoms with van der Waals surface area (Å²) in [5, 5.41) is 36.9. The number of ether oxygens (including phenoxy) is 2. The average Bonchev–Trinajstić information content (AvgIpc) is 2.88. The molecule has 4 rings (SSSR count). The molecule has 12 nitrogen and oxygen atoms in total. The van der Waals surface area contributed by atoms with E-state index in [1.54, 1.807) is 24.3 Å². The van der Waals surface area contributed by atoms with Crippen LogP contribution in [0.3, 0.4) is 0 Å². The smallest absolute Gasteiger partial charge is 0.336 e. The van der Waals surface area contributed by atoms with Gasteiger partial charge in [-0.15, -0.1) is 0 Å². The van der Waals surface area contributed by atoms with Gasteiger partial charge in [0.2, 0.25) is 11.8 Å². The van der Waals surface area contributed by atoms with Gasteiger partial charge in [-0.25, -0.2) is 29.1 Å². The van der Waals surface area contributed by atoms with E-state index in [0.29, 0.717) is 11.4 Å². The van der Waals surface area contributed by atoms with Crippen LogP contribution in [-0.2, 0) is 0 Å². The number of aromatic carboxylic acids is 4. The molecule has 0 aliphatic rings. The van der Waals surface area contributed by atoms with Gasteiger partial charge in [0.25, 0.3) is 0 Å². The molecular weight excluding hydrogens is 500 g/mol. The molecule has 12 heteroatoms. The van der Waals surface area contributed by atoms with Crippen LogP contribution in [0.1, 0.15) is 41.4 Å². The van der Waals surface area contributed by atoms with Crippen molar-refractivity contribution in [3.8, 4) is 34.6 Å². The molecule has 0 saturated carbocycles. The molecule has 2 aromatic heterocycles. The SMILES string of the molecule is O=C(O)c1ccc(Oc2cccc(-c3cccc(Oc4ccc(C(=O)O)c(C(=O)O)c4)n3)n2)cc1C(=O)O. The number of nitrogens with zero attached hydrogens (tertiary/aromatic N) is 2. The lowest BCUT2D eigenvalue weighted by Crippen LogP contribution is -2.08. The maximum atomic E-state index is 11.4. The van der Waals surface area contributed by atoms with Crippen molar-refractivity contribution < 1.29 is 49.1 Å². The minimum Gasteiger partial charge on any atom is -0.478 e. The molecule has 0 radical (unpaired) electrons. The maximum absolute atomic E-state index is 11.4. The van der Waals surface area contributed by atoms with E-state index >= 15 is 0 Å². The van der Waals surface area contributed by atoms with E-state index in [-0.39, 0.29) is 34.4 Å². The summed E-state index contributed by atoms with van der Waals surface area (Å²) >= 11 is 0. The van der Waals surface area contributed by atoms with E-state index in [1.807, 2.05) is 0 Å². The Bertz CT molecular complexity index is 1480. The molecule has 0 unspecified atom stereocenters. The third-order valence-electron chi connectivity index (χ3n) is 5.06. The zero-order valence-corrected chi connectivity index (χ0v) is 19.1. The quantitative estimate of drug-likeness (QED) is 0.243. The largest absolute Gasteiger partial charge is 0.478 e. The molecule has 0 aliphatic heterocycles. The second-order valence-electron chi connectivity index (χ2n) is 7.56. The summed E-state index contributed by atoms with van der Waals surface area (Å²) in [5.74, 6) is -5.37. The van der Waals surface area contributed by atoms with Crippen LogP contribution in [0.5, 0.6) is 23.3 Å². The molecule has 0 spiro atoms. The lowest BCUT2D eigenvalue weighted by Gasteiger charge is -2.10. The van der Waals surface area contributed by atoms with Gasteiger partial charge in [0.1, 0.15) is 11.5 Å². The number of hydrogen-bond acceptors (Lipinski definition) is 8. The normalized spacial score (nSPS) is 10.4. The molecule has 2 aromatic carbocycles. The second-order valence-corrected chi connectivity index (χ2v) is 7.56. The minimum atomic E-state index is -1.43. The molecule has 190 valence electrons. The number of carboxylic acids is 4. The lowest BCUT2D eigenvalue weighted by atomic mass is 10.1. The Balaban J connectivity index is 1.58. The first kappa shape index (κ1) is 25.3. The number of benzene rings is 2. The van der Waals surface area contributed by atoms with Crippen LogP contribution >= 0.6 is 0 Å². The number of aromatic nitrogens is 2. The zero-order valence-electron chi connectivity index (χ0n) is 19.1. The number of carboxylic acid groups (broad SMARTS) is 4. The molecule has 0 atom stereocenters. The Kier molecular flexibility index (Phi) is 6.97. The Hall–Kier alpha value is -5.78. The molecule has 4 N–H and O–H groups in total. The fourth-order valence-corrected chi connectivity index (χ4v) is 3.37. The lowest BCUT2D eigenvalue weighted by molar-refractivity contribution is 0.0651. The van der Waals surface area contributed by atoms with Crippen molar-refractivity contribution in [3.63, 3.8) is 0 Å². The van der Waals surface area contributed by atoms with E-state index in [2.05, 4.69) is 9.97 Å². The molecule has 0 bridgehead atoms. The summed E-state index contributed by atoms with van der Waals surface area (Å²) in [6, 6.07) is 16.5. The first-order valence-corrected chi connectivity index (χ1v) is 10.6. The van der Waals surface area contributed by atoms with E-state index in [4.69, 9.17) is 19.7 Å². The van der Waals surface area contributed by atoms with Gasteiger partial charge in [0.15, 0.2) is 0 Å². The average molecular weight is 516 g/mol. The van der Waals surface area contributed by atoms with Crippen LogP contribution in [0.2, 0.25) is 0 Å². The van der Waals surface area contributed by atoms with E-state index in [9.17, 15) is 29.4 Å². The third-order valence-corrected chi connectivity index (χ3v) is 5.06. The summed E-state index contributed by atoms with van der Waals surface area (Å²) < 4.78 is 11.3. The molecule has 2 heterocycles. The van der Waals surface area contributed by atoms with Crippen molar-refractivity contribution in [1.82, 2.24) is 9.97 Å². The second kappa shape index (κ2) is 10.5. The molecule has 4 aromatic rings. The summed E-state index contributed by atoms with van der Waals surface area (Å²) in [7, 11) is 0. The number of pyridine rings is 2. The first-order chi connectivity index (χ1) is 18.1. The molecule has 0 fully saturated rings. The van der Waals surface area contributed by atoms with Crippen LogP contribution in [0.4, 0.5) is 0 Å². The summed E-state index contributed by atoms with van der Waals surface area (Å²) in [6.07, 6.45) is 0. The molecule has 38 heavy (non-hydrogen) atoms. The van der Waals surface area contributed by atoms with Gasteiger partial charge in [-0.2, -0.15) is 0 Å². The van der Waals surface area contributed by atoms with E-state index in [0.717, 1.165) is 24.3 Å². The highest BCUT2D eigenvalue weighted by Crippen LogP contribution is 2.28. The van der Waals surface area contributed by atoms with Crippen LogP contribution in [0, 0.1) is 0 Å². The van der Waals surface area contributed by atoms with E-state index < -0.39 is 35.0 Å². The molecule has 0 amide bonds. The zero-order chi connectivity index (χ0) is 27.4. The van der Waals surface area contributed by atoms with Crippen molar-refractivity contribution in [3.05, 3.63) is 95.1 Å². The van der Waals surface area contributed by atoms with Gasteiger partial charge >= 0.3 is 23.9 Å². The highest BCUT2D eigenvalue weighted by atomic mass is 16.5. The monoisotopic (exact) mass is 516 g/mol. The molecule has 0 aliphatic carbocycles. The van der Waals surface area contributed by atoms with Crippen molar-refractivity contribution in [2.75, 3.05) is 0 Å². The van der Waals surface area contributed by atoms with Crippen molar-refractivity contribution in [1.29, 1.82) is 0 Å². The number of hydrogen-bond donors (Lipinski definition) is 4. The van der Waals surface area contributed by atoms with Gasteiger partial charge in [-0.05, 0) is 48.5 Å². The molecular formula is C26H16N2O10. The maximum Gasteiger partial charge on any atom is 0.336 e. The van der Waals surface area contributed by atoms with Crippen molar-refractivity contribution in [2.45, 2.75) is 0 Å². The Morgan fingerprint density at radius 3 is 1.21 bits per heavy atom. The number of carbonyl (C=O) groups is 4. The van der Waals surface area contributed by atoms with Crippen LogP contribution in [0.25, 0.3) is 11.4 Å². The highest BCUT2D eigenvalue weighted by Gasteiger charge is 2.19. The first-order valence-electron chi connectivity index (χ1n) is 10.6. The standard InChI is InChI=1S/C26H16N2O10/c29-23(30)15-9-7-13(11-17(15)25(33)34)37-21-5-1-3-19(27-21)20-4-2-6-22(28-20)38-14-8-10-16(24(31)32)18(12-14)26(35)36/h1-12H,(H,29,30)(H,31,32)(H,33,34)(H,35,36). The van der Waals surface area contributed by atoms with Crippen LogP contribution < -0.4 is 9.47 Å². The third kappa shape index (κ3) is 5.54. The Morgan fingerprint density at radius 2 is 0.868 bits per heavy atom. The minimum absolute atomic E-state index is 0.0566. The fraction of sp³-hybridized carbons (Fsp3) is 0. The topological polar surface area (TPSA) is 193 Å². The van der Waals surface area contributed by atoms with Gasteiger partial charge in [0, 0.05) is 12.1 Å². The summed E-state index contributed by atoms with van der Waals surface area (Å²) in [6.45, 7) is 0. The van der Waals surface area contributed by atoms with Gasteiger partial charge in [-0.3, -0.25) is 0 Å². The van der Waals surface area contributed by atoms with Gasteiger partial charge < -0.3 is 29.9 Å². The molecule has 0 saturated heterocycles. The predicted molar refractivity (Wildman–Crippen MR) is 128 cm³/mol. The number of rotatable bonds is 9. The Labute approximate surface area is 213 Å². The van der Waals surface area contributed by atoms with Gasteiger partial charge in [0.05, 0.1) is 33.6 Å². The van der Waals surface area contributed by atoms with Crippen LogP contribution in [0.15, 0.2) is 72.8 Å². The Morgan fingerprint density at radius 1 is 0.500 bits per heavy atom. The highest BCUT2D eigenvalue weighted by molar-refractivity contribution is 6.02. The van der Waals surface area contributed by atoms with Crippen LogP contribution in [-0.4, -0.2) is 54.3 Å².